The predicted molar refractivity (Wildman–Crippen MR) is 343 cm³/mol. The first-order chi connectivity index (χ1) is 40.2. The van der Waals surface area contributed by atoms with Crippen molar-refractivity contribution in [1.82, 2.24) is 5.32 Å². The van der Waals surface area contributed by atoms with Crippen LogP contribution < -0.4 is 5.32 Å². The monoisotopic (exact) mass is 1160 g/mol. The zero-order chi connectivity index (χ0) is 59.6. The molecule has 11 heteroatoms. The Balaban J connectivity index is 2.51. The topological polar surface area (TPSA) is 175 Å². The third kappa shape index (κ3) is 46.4. The Kier molecular flexibility index (Phi) is 56.7. The van der Waals surface area contributed by atoms with Gasteiger partial charge in [0.25, 0.3) is 0 Å². The van der Waals surface area contributed by atoms with Crippen LogP contribution in [0.3, 0.4) is 0 Å². The fraction of sp³-hybridized carbons (Fsp3) is 0.915. The molecule has 11 nitrogen and oxygen atoms in total. The predicted octanol–water partition coefficient (Wildman–Crippen LogP) is 18.0. The van der Waals surface area contributed by atoms with Gasteiger partial charge >= 0.3 is 5.97 Å². The Hall–Kier alpha value is -1.86. The summed E-state index contributed by atoms with van der Waals surface area (Å²) in [5, 5.41) is 57.1. The summed E-state index contributed by atoms with van der Waals surface area (Å²) in [5.74, 6) is -1.18. The molecule has 0 bridgehead atoms. The molecule has 6 N–H and O–H groups in total. The van der Waals surface area contributed by atoms with Gasteiger partial charge in [0, 0.05) is 6.42 Å². The lowest BCUT2D eigenvalue weighted by molar-refractivity contribution is -0.305. The first-order valence-corrected chi connectivity index (χ1v) is 35.6. The highest BCUT2D eigenvalue weighted by atomic mass is 16.7. The second-order valence-corrected chi connectivity index (χ2v) is 25.0. The average Bonchev–Trinajstić information content (AvgIpc) is 3.68. The van der Waals surface area contributed by atoms with E-state index in [0.717, 1.165) is 70.6 Å². The number of unbranched alkanes of at least 4 members (excludes halogenated alkanes) is 46. The number of ether oxygens (including phenoxy) is 3. The lowest BCUT2D eigenvalue weighted by atomic mass is 9.99. The quantitative estimate of drug-likeness (QED) is 0.0195. The molecule has 0 saturated carbocycles. The maximum Gasteiger partial charge on any atom is 0.306 e. The number of aliphatic hydroxyl groups excluding tert-OH is 5. The highest BCUT2D eigenvalue weighted by Gasteiger charge is 2.47. The van der Waals surface area contributed by atoms with Crippen molar-refractivity contribution in [2.75, 3.05) is 13.2 Å². The smallest absolute Gasteiger partial charge is 0.306 e. The maximum atomic E-state index is 13.4. The molecule has 1 rings (SSSR count). The highest BCUT2D eigenvalue weighted by Crippen LogP contribution is 2.26. The number of carbonyl (C=O) groups excluding carboxylic acids is 2. The van der Waals surface area contributed by atoms with E-state index in [1.807, 2.05) is 6.08 Å². The van der Waals surface area contributed by atoms with Gasteiger partial charge in [-0.05, 0) is 51.4 Å². The Morgan fingerprint density at radius 1 is 0.463 bits per heavy atom. The number of esters is 1. The van der Waals surface area contributed by atoms with Gasteiger partial charge in [-0.3, -0.25) is 9.59 Å². The third-order valence-electron chi connectivity index (χ3n) is 17.1. The maximum absolute atomic E-state index is 13.4. The second-order valence-electron chi connectivity index (χ2n) is 25.0. The fourth-order valence-corrected chi connectivity index (χ4v) is 11.5. The number of rotatable bonds is 62. The van der Waals surface area contributed by atoms with E-state index >= 15 is 0 Å². The van der Waals surface area contributed by atoms with Gasteiger partial charge in [-0.15, -0.1) is 0 Å². The van der Waals surface area contributed by atoms with Crippen LogP contribution >= 0.6 is 0 Å². The molecule has 0 spiro atoms. The van der Waals surface area contributed by atoms with Crippen LogP contribution in [0.25, 0.3) is 0 Å². The summed E-state index contributed by atoms with van der Waals surface area (Å²) in [6.45, 7) is 5.82. The molecule has 0 radical (unpaired) electrons. The van der Waals surface area contributed by atoms with Gasteiger partial charge in [-0.1, -0.05) is 321 Å². The van der Waals surface area contributed by atoms with E-state index in [0.29, 0.717) is 12.8 Å². The molecule has 8 atom stereocenters. The van der Waals surface area contributed by atoms with Crippen LogP contribution in [0.1, 0.15) is 355 Å². The standard InChI is InChI=1S/C71H135NO10/c1-4-7-10-13-16-19-22-25-27-28-29-30-31-32-33-34-35-36-37-38-39-41-44-47-50-53-56-59-66(76)82-69-68(78)67(77)65(60-73)81-71(69)80-61-62(63(74)57-54-51-48-45-42-24-21-18-15-12-9-6-3)72-70(79)64(75)58-55-52-49-46-43-40-26-23-20-17-14-11-8-5-2/h20,23,54,57,62-65,67-69,71,73-75,77-78H,4-19,21-22,24-53,55-56,58-61H2,1-3H3,(H,72,79)/b23-20-,57-54+. The number of hydrogen-bond acceptors (Lipinski definition) is 10. The average molecular weight is 1160 g/mol. The van der Waals surface area contributed by atoms with E-state index in [9.17, 15) is 35.1 Å². The van der Waals surface area contributed by atoms with Crippen LogP contribution in [0, 0.1) is 0 Å². The Morgan fingerprint density at radius 3 is 1.20 bits per heavy atom. The minimum atomic E-state index is -1.61. The fourth-order valence-electron chi connectivity index (χ4n) is 11.5. The largest absolute Gasteiger partial charge is 0.454 e. The van der Waals surface area contributed by atoms with Crippen molar-refractivity contribution < 1.29 is 49.3 Å². The summed E-state index contributed by atoms with van der Waals surface area (Å²) < 4.78 is 17.7. The number of allylic oxidation sites excluding steroid dienone is 3. The number of carbonyl (C=O) groups is 2. The van der Waals surface area contributed by atoms with Gasteiger partial charge in [-0.25, -0.2) is 0 Å². The highest BCUT2D eigenvalue weighted by molar-refractivity contribution is 5.80. The number of hydrogen-bond donors (Lipinski definition) is 6. The van der Waals surface area contributed by atoms with Gasteiger partial charge in [0.2, 0.25) is 5.91 Å². The Morgan fingerprint density at radius 2 is 0.805 bits per heavy atom. The van der Waals surface area contributed by atoms with Crippen molar-refractivity contribution >= 4 is 11.9 Å². The van der Waals surface area contributed by atoms with Crippen LogP contribution in [0.15, 0.2) is 24.3 Å². The molecule has 0 aromatic heterocycles. The molecule has 0 aromatic carbocycles. The van der Waals surface area contributed by atoms with Crippen molar-refractivity contribution in [3.8, 4) is 0 Å². The van der Waals surface area contributed by atoms with Crippen molar-refractivity contribution in [3.05, 3.63) is 24.3 Å². The summed E-state index contributed by atoms with van der Waals surface area (Å²) >= 11 is 0. The van der Waals surface area contributed by atoms with Crippen LogP contribution in [-0.2, 0) is 23.8 Å². The SMILES string of the molecule is CCCCCC/C=C\CCCCCCCCC(O)C(=O)NC(COC1OC(CO)C(O)C(O)C1OC(=O)CCCCCCCCCCCCCCCCCCCCCCCCCCCCC)C(O)/C=C/CCCCCCCCCCCC. The third-order valence-corrected chi connectivity index (χ3v) is 17.1. The molecular weight excluding hydrogens is 1030 g/mol. The normalized spacial score (nSPS) is 18.7. The molecule has 1 aliphatic rings. The van der Waals surface area contributed by atoms with Gasteiger partial charge in [0.1, 0.15) is 24.4 Å². The molecule has 1 saturated heterocycles. The van der Waals surface area contributed by atoms with Crippen molar-refractivity contribution in [3.63, 3.8) is 0 Å². The second kappa shape index (κ2) is 59.5. The van der Waals surface area contributed by atoms with E-state index in [2.05, 4.69) is 38.2 Å². The summed E-state index contributed by atoms with van der Waals surface area (Å²) in [7, 11) is 0. The molecule has 1 fully saturated rings. The summed E-state index contributed by atoms with van der Waals surface area (Å²) in [4.78, 5) is 26.6. The lowest BCUT2D eigenvalue weighted by Gasteiger charge is -2.41. The van der Waals surface area contributed by atoms with E-state index < -0.39 is 67.4 Å². The van der Waals surface area contributed by atoms with Crippen LogP contribution in [0.2, 0.25) is 0 Å². The molecule has 82 heavy (non-hydrogen) atoms. The number of amides is 1. The van der Waals surface area contributed by atoms with Crippen molar-refractivity contribution in [2.45, 2.75) is 404 Å². The van der Waals surface area contributed by atoms with Gasteiger partial charge < -0.3 is 45.1 Å². The molecule has 0 aliphatic carbocycles. The van der Waals surface area contributed by atoms with Crippen LogP contribution in [-0.4, -0.2) is 99.6 Å². The first kappa shape index (κ1) is 78.2. The number of aliphatic hydroxyl groups is 5. The lowest BCUT2D eigenvalue weighted by Crippen LogP contribution is -2.61. The Bertz CT molecular complexity index is 1430. The summed E-state index contributed by atoms with van der Waals surface area (Å²) in [5.41, 5.74) is 0. The molecule has 8 unspecified atom stereocenters. The molecule has 1 heterocycles. The van der Waals surface area contributed by atoms with E-state index in [4.69, 9.17) is 14.2 Å². The van der Waals surface area contributed by atoms with Gasteiger partial charge in [-0.2, -0.15) is 0 Å². The van der Waals surface area contributed by atoms with E-state index in [-0.39, 0.29) is 19.4 Å². The Labute approximate surface area is 505 Å². The summed E-state index contributed by atoms with van der Waals surface area (Å²) in [6.07, 6.45) is 60.9. The molecule has 1 amide bonds. The molecule has 0 aromatic rings. The minimum Gasteiger partial charge on any atom is -0.454 e. The van der Waals surface area contributed by atoms with Gasteiger partial charge in [0.15, 0.2) is 12.4 Å². The van der Waals surface area contributed by atoms with Crippen molar-refractivity contribution in [2.24, 2.45) is 0 Å². The van der Waals surface area contributed by atoms with Gasteiger partial charge in [0.05, 0.1) is 25.4 Å². The van der Waals surface area contributed by atoms with Crippen LogP contribution in [0.5, 0.6) is 0 Å². The summed E-state index contributed by atoms with van der Waals surface area (Å²) in [6, 6.07) is -1.02. The molecular formula is C71H135NO10. The molecule has 484 valence electrons. The van der Waals surface area contributed by atoms with Crippen LogP contribution in [0.4, 0.5) is 0 Å². The molecule has 1 aliphatic heterocycles. The number of nitrogens with one attached hydrogen (secondary N) is 1. The van der Waals surface area contributed by atoms with E-state index in [1.54, 1.807) is 6.08 Å². The first-order valence-electron chi connectivity index (χ1n) is 35.6. The zero-order valence-electron chi connectivity index (χ0n) is 53.9. The minimum absolute atomic E-state index is 0.130. The van der Waals surface area contributed by atoms with Crippen molar-refractivity contribution in [1.29, 1.82) is 0 Å². The zero-order valence-corrected chi connectivity index (χ0v) is 53.9. The van der Waals surface area contributed by atoms with E-state index in [1.165, 1.54) is 238 Å².